The fourth-order valence-corrected chi connectivity index (χ4v) is 1.60. The van der Waals surface area contributed by atoms with Crippen LogP contribution in [0.4, 0.5) is 0 Å². The molecule has 0 aromatic heterocycles. The van der Waals surface area contributed by atoms with Crippen LogP contribution in [0.25, 0.3) is 0 Å². The average Bonchev–Trinajstić information content (AvgIpc) is 2.25. The molecule has 0 amide bonds. The lowest BCUT2D eigenvalue weighted by molar-refractivity contribution is 0.125. The second-order valence-electron chi connectivity index (χ2n) is 4.17. The quantitative estimate of drug-likeness (QED) is 0.543. The van der Waals surface area contributed by atoms with Gasteiger partial charge in [-0.3, -0.25) is 0 Å². The van der Waals surface area contributed by atoms with E-state index < -0.39 is 0 Å². The predicted molar refractivity (Wildman–Crippen MR) is 65.7 cm³/mol. The summed E-state index contributed by atoms with van der Waals surface area (Å²) in [5, 5.41) is 9.19. The van der Waals surface area contributed by atoms with E-state index in [1.54, 1.807) is 14.2 Å². The smallest absolute Gasteiger partial charge is 0.0589 e. The second-order valence-corrected chi connectivity index (χ2v) is 4.17. The largest absolute Gasteiger partial charge is 0.393 e. The van der Waals surface area contributed by atoms with Gasteiger partial charge in [0.15, 0.2) is 0 Å². The van der Waals surface area contributed by atoms with Crippen molar-refractivity contribution in [2.75, 3.05) is 47.1 Å². The van der Waals surface area contributed by atoms with E-state index in [4.69, 9.17) is 9.47 Å². The number of hydrogen-bond donors (Lipinski definition) is 1. The highest BCUT2D eigenvalue weighted by atomic mass is 16.5. The Morgan fingerprint density at radius 3 is 2.19 bits per heavy atom. The van der Waals surface area contributed by atoms with Crippen LogP contribution in [0.1, 0.15) is 26.2 Å². The molecule has 0 heterocycles. The van der Waals surface area contributed by atoms with Gasteiger partial charge in [0.2, 0.25) is 0 Å². The summed E-state index contributed by atoms with van der Waals surface area (Å²) in [4.78, 5) is 2.37. The van der Waals surface area contributed by atoms with Gasteiger partial charge >= 0.3 is 0 Å². The van der Waals surface area contributed by atoms with Crippen LogP contribution in [0.15, 0.2) is 0 Å². The molecule has 98 valence electrons. The third-order valence-electron chi connectivity index (χ3n) is 2.53. The second kappa shape index (κ2) is 11.3. The molecular weight excluding hydrogens is 206 g/mol. The zero-order valence-corrected chi connectivity index (χ0v) is 10.9. The summed E-state index contributed by atoms with van der Waals surface area (Å²) in [5.41, 5.74) is 0. The molecule has 0 radical (unpaired) electrons. The molecular formula is C12H27NO3. The SMILES string of the molecule is COCCCN(CCCC(C)O)CCOC. The summed E-state index contributed by atoms with van der Waals surface area (Å²) < 4.78 is 10.1. The Bertz CT molecular complexity index is 142. The van der Waals surface area contributed by atoms with Crippen LogP contribution in [0.5, 0.6) is 0 Å². The van der Waals surface area contributed by atoms with Crippen molar-refractivity contribution in [3.05, 3.63) is 0 Å². The molecule has 0 aliphatic carbocycles. The van der Waals surface area contributed by atoms with Crippen molar-refractivity contribution in [2.45, 2.75) is 32.3 Å². The molecule has 1 atom stereocenters. The van der Waals surface area contributed by atoms with E-state index >= 15 is 0 Å². The lowest BCUT2D eigenvalue weighted by Gasteiger charge is -2.22. The first-order chi connectivity index (χ1) is 7.70. The number of methoxy groups -OCH3 is 2. The monoisotopic (exact) mass is 233 g/mol. The molecule has 4 heteroatoms. The molecule has 0 bridgehead atoms. The van der Waals surface area contributed by atoms with Crippen molar-refractivity contribution in [1.29, 1.82) is 0 Å². The van der Waals surface area contributed by atoms with Crippen molar-refractivity contribution in [3.8, 4) is 0 Å². The lowest BCUT2D eigenvalue weighted by Crippen LogP contribution is -2.30. The van der Waals surface area contributed by atoms with Gasteiger partial charge in [0.1, 0.15) is 0 Å². The zero-order valence-electron chi connectivity index (χ0n) is 10.9. The minimum atomic E-state index is -0.191. The van der Waals surface area contributed by atoms with Crippen LogP contribution in [-0.4, -0.2) is 63.2 Å². The van der Waals surface area contributed by atoms with Crippen LogP contribution in [-0.2, 0) is 9.47 Å². The standard InChI is InChI=1S/C12H27NO3/c1-12(14)6-4-7-13(9-11-16-3)8-5-10-15-2/h12,14H,4-11H2,1-3H3. The molecule has 4 nitrogen and oxygen atoms in total. The highest BCUT2D eigenvalue weighted by Crippen LogP contribution is 2.00. The fraction of sp³-hybridized carbons (Fsp3) is 1.00. The van der Waals surface area contributed by atoms with Gasteiger partial charge in [-0.05, 0) is 32.7 Å². The van der Waals surface area contributed by atoms with Crippen molar-refractivity contribution < 1.29 is 14.6 Å². The third kappa shape index (κ3) is 10.4. The van der Waals surface area contributed by atoms with E-state index in [1.807, 2.05) is 6.92 Å². The van der Waals surface area contributed by atoms with E-state index in [0.717, 1.165) is 52.1 Å². The highest BCUT2D eigenvalue weighted by molar-refractivity contribution is 4.59. The van der Waals surface area contributed by atoms with Gasteiger partial charge in [0.25, 0.3) is 0 Å². The van der Waals surface area contributed by atoms with E-state index in [-0.39, 0.29) is 6.10 Å². The summed E-state index contributed by atoms with van der Waals surface area (Å²) in [5.74, 6) is 0. The van der Waals surface area contributed by atoms with Gasteiger partial charge in [-0.15, -0.1) is 0 Å². The summed E-state index contributed by atoms with van der Waals surface area (Å²) in [6.45, 7) is 6.43. The van der Waals surface area contributed by atoms with Crippen molar-refractivity contribution >= 4 is 0 Å². The average molecular weight is 233 g/mol. The molecule has 0 spiro atoms. The Labute approximate surface area is 99.5 Å². The number of rotatable bonds is 11. The van der Waals surface area contributed by atoms with Gasteiger partial charge in [0.05, 0.1) is 12.7 Å². The summed E-state index contributed by atoms with van der Waals surface area (Å²) >= 11 is 0. The minimum Gasteiger partial charge on any atom is -0.393 e. The van der Waals surface area contributed by atoms with E-state index in [9.17, 15) is 5.11 Å². The fourth-order valence-electron chi connectivity index (χ4n) is 1.60. The van der Waals surface area contributed by atoms with Crippen LogP contribution >= 0.6 is 0 Å². The topological polar surface area (TPSA) is 41.9 Å². The van der Waals surface area contributed by atoms with Crippen LogP contribution in [0, 0.1) is 0 Å². The molecule has 1 N–H and O–H groups in total. The molecule has 0 saturated heterocycles. The lowest BCUT2D eigenvalue weighted by atomic mass is 10.2. The summed E-state index contributed by atoms with van der Waals surface area (Å²) in [6.07, 6.45) is 2.76. The first-order valence-corrected chi connectivity index (χ1v) is 6.09. The molecule has 0 aliphatic rings. The maximum Gasteiger partial charge on any atom is 0.0589 e. The van der Waals surface area contributed by atoms with Gasteiger partial charge in [-0.25, -0.2) is 0 Å². The molecule has 0 aromatic rings. The van der Waals surface area contributed by atoms with Gasteiger partial charge in [0, 0.05) is 33.9 Å². The molecule has 0 fully saturated rings. The molecule has 0 rings (SSSR count). The van der Waals surface area contributed by atoms with E-state index in [2.05, 4.69) is 4.90 Å². The molecule has 0 saturated carbocycles. The Kier molecular flexibility index (Phi) is 11.2. The van der Waals surface area contributed by atoms with Gasteiger partial charge in [-0.1, -0.05) is 0 Å². The van der Waals surface area contributed by atoms with E-state index in [0.29, 0.717) is 0 Å². The minimum absolute atomic E-state index is 0.191. The Hall–Kier alpha value is -0.160. The van der Waals surface area contributed by atoms with E-state index in [1.165, 1.54) is 0 Å². The maximum absolute atomic E-state index is 9.19. The Morgan fingerprint density at radius 2 is 1.62 bits per heavy atom. The Morgan fingerprint density at radius 1 is 1.00 bits per heavy atom. The normalized spacial score (nSPS) is 13.3. The van der Waals surface area contributed by atoms with Crippen molar-refractivity contribution in [2.24, 2.45) is 0 Å². The predicted octanol–water partition coefficient (Wildman–Crippen LogP) is 1.13. The summed E-state index contributed by atoms with van der Waals surface area (Å²) in [7, 11) is 3.45. The van der Waals surface area contributed by atoms with Crippen molar-refractivity contribution in [3.63, 3.8) is 0 Å². The number of hydrogen-bond acceptors (Lipinski definition) is 4. The number of aliphatic hydroxyl groups excluding tert-OH is 1. The third-order valence-corrected chi connectivity index (χ3v) is 2.53. The first kappa shape index (κ1) is 15.8. The van der Waals surface area contributed by atoms with Crippen LogP contribution < -0.4 is 0 Å². The van der Waals surface area contributed by atoms with Crippen LogP contribution in [0.2, 0.25) is 0 Å². The number of ether oxygens (including phenoxy) is 2. The van der Waals surface area contributed by atoms with Crippen LogP contribution in [0.3, 0.4) is 0 Å². The molecule has 16 heavy (non-hydrogen) atoms. The Balaban J connectivity index is 3.62. The molecule has 0 aromatic carbocycles. The van der Waals surface area contributed by atoms with Gasteiger partial charge < -0.3 is 19.5 Å². The molecule has 0 aliphatic heterocycles. The van der Waals surface area contributed by atoms with Gasteiger partial charge in [-0.2, -0.15) is 0 Å². The molecule has 1 unspecified atom stereocenters. The number of nitrogens with zero attached hydrogens (tertiary/aromatic N) is 1. The van der Waals surface area contributed by atoms with Crippen molar-refractivity contribution in [1.82, 2.24) is 4.90 Å². The highest BCUT2D eigenvalue weighted by Gasteiger charge is 2.05. The maximum atomic E-state index is 9.19. The first-order valence-electron chi connectivity index (χ1n) is 6.09. The summed E-state index contributed by atoms with van der Waals surface area (Å²) in [6, 6.07) is 0. The zero-order chi connectivity index (χ0) is 12.2. The number of aliphatic hydroxyl groups is 1.